The van der Waals surface area contributed by atoms with Gasteiger partial charge in [0.05, 0.1) is 5.56 Å². The van der Waals surface area contributed by atoms with Gasteiger partial charge >= 0.3 is 5.97 Å². The predicted molar refractivity (Wildman–Crippen MR) is 82.6 cm³/mol. The van der Waals surface area contributed by atoms with E-state index in [2.05, 4.69) is 5.32 Å². The lowest BCUT2D eigenvalue weighted by Crippen LogP contribution is -2.15. The van der Waals surface area contributed by atoms with E-state index in [4.69, 9.17) is 5.11 Å². The predicted octanol–water partition coefficient (Wildman–Crippen LogP) is 3.99. The Morgan fingerprint density at radius 2 is 1.95 bits per heavy atom. The third kappa shape index (κ3) is 4.59. The van der Waals surface area contributed by atoms with Crippen LogP contribution in [0.1, 0.15) is 60.9 Å². The summed E-state index contributed by atoms with van der Waals surface area (Å²) in [6.07, 6.45) is 7.81. The summed E-state index contributed by atoms with van der Waals surface area (Å²) in [7, 11) is 0. The van der Waals surface area contributed by atoms with E-state index < -0.39 is 5.97 Å². The first-order valence-corrected chi connectivity index (χ1v) is 7.70. The molecule has 1 saturated carbocycles. The van der Waals surface area contributed by atoms with E-state index in [1.165, 1.54) is 38.2 Å². The van der Waals surface area contributed by atoms with Crippen molar-refractivity contribution in [3.05, 3.63) is 29.3 Å². The largest absolute Gasteiger partial charge is 0.478 e. The highest BCUT2D eigenvalue weighted by Crippen LogP contribution is 2.27. The molecule has 0 radical (unpaired) electrons. The van der Waals surface area contributed by atoms with Crippen LogP contribution in [0.4, 0.5) is 5.69 Å². The zero-order chi connectivity index (χ0) is 15.2. The molecule has 1 aliphatic carbocycles. The second-order valence-electron chi connectivity index (χ2n) is 5.93. The summed E-state index contributed by atoms with van der Waals surface area (Å²) in [6.45, 7) is 1.86. The molecule has 2 rings (SSSR count). The molecule has 0 heterocycles. The number of aromatic carboxylic acids is 1. The minimum atomic E-state index is -0.979. The Morgan fingerprint density at radius 1 is 1.24 bits per heavy atom. The number of aryl methyl sites for hydroxylation is 1. The molecule has 1 amide bonds. The molecule has 0 aliphatic heterocycles. The number of benzene rings is 1. The number of amides is 1. The maximum atomic E-state index is 12.0. The Labute approximate surface area is 125 Å². The van der Waals surface area contributed by atoms with Crippen molar-refractivity contribution in [1.82, 2.24) is 0 Å². The van der Waals surface area contributed by atoms with Crippen molar-refractivity contribution in [3.8, 4) is 0 Å². The van der Waals surface area contributed by atoms with Crippen molar-refractivity contribution < 1.29 is 14.7 Å². The molecule has 0 bridgehead atoms. The molecule has 1 aromatic carbocycles. The smallest absolute Gasteiger partial charge is 0.335 e. The first-order valence-electron chi connectivity index (χ1n) is 7.70. The number of carboxylic acids is 1. The van der Waals surface area contributed by atoms with Gasteiger partial charge in [-0.2, -0.15) is 0 Å². The van der Waals surface area contributed by atoms with Crippen LogP contribution in [-0.2, 0) is 4.79 Å². The number of carboxylic acid groups (broad SMARTS) is 1. The summed E-state index contributed by atoms with van der Waals surface area (Å²) in [5.74, 6) is -0.324. The monoisotopic (exact) mass is 289 g/mol. The van der Waals surface area contributed by atoms with Gasteiger partial charge in [0.2, 0.25) is 5.91 Å². The van der Waals surface area contributed by atoms with Gasteiger partial charge in [-0.25, -0.2) is 4.79 Å². The zero-order valence-electron chi connectivity index (χ0n) is 12.5. The molecule has 1 aromatic rings. The number of hydrogen-bond acceptors (Lipinski definition) is 2. The van der Waals surface area contributed by atoms with Crippen LogP contribution in [0.25, 0.3) is 0 Å². The lowest BCUT2D eigenvalue weighted by molar-refractivity contribution is -0.116. The van der Waals surface area contributed by atoms with Gasteiger partial charge in [0.15, 0.2) is 0 Å². The minimum Gasteiger partial charge on any atom is -0.478 e. The summed E-state index contributed by atoms with van der Waals surface area (Å²) in [5, 5.41) is 11.8. The average molecular weight is 289 g/mol. The van der Waals surface area contributed by atoms with E-state index >= 15 is 0 Å². The maximum absolute atomic E-state index is 12.0. The number of rotatable bonds is 5. The van der Waals surface area contributed by atoms with Gasteiger partial charge in [-0.15, -0.1) is 0 Å². The molecule has 4 nitrogen and oxygen atoms in total. The number of hydrogen-bond donors (Lipinski definition) is 2. The fraction of sp³-hybridized carbons (Fsp3) is 0.529. The van der Waals surface area contributed by atoms with Crippen LogP contribution in [0.3, 0.4) is 0 Å². The Bertz CT molecular complexity index is 519. The lowest BCUT2D eigenvalue weighted by atomic mass is 9.86. The van der Waals surface area contributed by atoms with Crippen LogP contribution < -0.4 is 5.32 Å². The highest BCUT2D eigenvalue weighted by atomic mass is 16.4. The standard InChI is InChI=1S/C17H23NO3/c1-12-7-9-14(17(20)21)11-15(12)18-16(19)10-8-13-5-3-2-4-6-13/h7,9,11,13H,2-6,8,10H2,1H3,(H,18,19)(H,20,21). The van der Waals surface area contributed by atoms with E-state index in [1.54, 1.807) is 12.1 Å². The Balaban J connectivity index is 1.89. The molecule has 4 heteroatoms. The number of nitrogens with one attached hydrogen (secondary N) is 1. The minimum absolute atomic E-state index is 0.0220. The Kier molecular flexibility index (Phi) is 5.37. The van der Waals surface area contributed by atoms with E-state index in [-0.39, 0.29) is 11.5 Å². The van der Waals surface area contributed by atoms with Gasteiger partial charge in [0, 0.05) is 12.1 Å². The molecule has 114 valence electrons. The van der Waals surface area contributed by atoms with E-state index in [1.807, 2.05) is 6.92 Å². The molecular weight excluding hydrogens is 266 g/mol. The van der Waals surface area contributed by atoms with E-state index in [0.717, 1.165) is 12.0 Å². The average Bonchev–Trinajstić information content (AvgIpc) is 2.48. The molecule has 0 unspecified atom stereocenters. The molecule has 0 spiro atoms. The Hall–Kier alpha value is -1.84. The fourth-order valence-electron chi connectivity index (χ4n) is 2.91. The van der Waals surface area contributed by atoms with Crippen molar-refractivity contribution in [3.63, 3.8) is 0 Å². The lowest BCUT2D eigenvalue weighted by Gasteiger charge is -2.21. The molecule has 2 N–H and O–H groups in total. The number of anilines is 1. The van der Waals surface area contributed by atoms with Crippen LogP contribution in [0.5, 0.6) is 0 Å². The molecule has 0 atom stereocenters. The first-order chi connectivity index (χ1) is 10.1. The van der Waals surface area contributed by atoms with E-state index in [9.17, 15) is 9.59 Å². The van der Waals surface area contributed by atoms with E-state index in [0.29, 0.717) is 18.0 Å². The van der Waals surface area contributed by atoms with Crippen molar-refractivity contribution in [2.24, 2.45) is 5.92 Å². The third-order valence-corrected chi connectivity index (χ3v) is 4.26. The normalized spacial score (nSPS) is 15.7. The molecule has 0 aromatic heterocycles. The molecular formula is C17H23NO3. The molecule has 1 aliphatic rings. The summed E-state index contributed by atoms with van der Waals surface area (Å²) in [4.78, 5) is 23.0. The van der Waals surface area contributed by atoms with Gasteiger partial charge in [0.1, 0.15) is 0 Å². The van der Waals surface area contributed by atoms with Crippen molar-refractivity contribution in [2.45, 2.75) is 51.9 Å². The summed E-state index contributed by atoms with van der Waals surface area (Å²) in [6, 6.07) is 4.80. The summed E-state index contributed by atoms with van der Waals surface area (Å²) in [5.41, 5.74) is 1.68. The van der Waals surface area contributed by atoms with Crippen molar-refractivity contribution in [1.29, 1.82) is 0 Å². The Morgan fingerprint density at radius 3 is 2.62 bits per heavy atom. The van der Waals surface area contributed by atoms with Crippen molar-refractivity contribution in [2.75, 3.05) is 5.32 Å². The highest BCUT2D eigenvalue weighted by Gasteiger charge is 2.15. The van der Waals surface area contributed by atoms with Gasteiger partial charge < -0.3 is 10.4 Å². The first kappa shape index (κ1) is 15.5. The van der Waals surface area contributed by atoms with Crippen LogP contribution in [0.2, 0.25) is 0 Å². The third-order valence-electron chi connectivity index (χ3n) is 4.26. The van der Waals surface area contributed by atoms with Crippen LogP contribution in [-0.4, -0.2) is 17.0 Å². The highest BCUT2D eigenvalue weighted by molar-refractivity contribution is 5.94. The maximum Gasteiger partial charge on any atom is 0.335 e. The number of carbonyl (C=O) groups is 2. The van der Waals surface area contributed by atoms with Gasteiger partial charge in [0.25, 0.3) is 0 Å². The van der Waals surface area contributed by atoms with Crippen LogP contribution in [0, 0.1) is 12.8 Å². The van der Waals surface area contributed by atoms with Crippen LogP contribution >= 0.6 is 0 Å². The zero-order valence-corrected chi connectivity index (χ0v) is 12.5. The summed E-state index contributed by atoms with van der Waals surface area (Å²) < 4.78 is 0. The SMILES string of the molecule is Cc1ccc(C(=O)O)cc1NC(=O)CCC1CCCCC1. The topological polar surface area (TPSA) is 66.4 Å². The van der Waals surface area contributed by atoms with Gasteiger partial charge in [-0.05, 0) is 37.0 Å². The van der Waals surface area contributed by atoms with Gasteiger partial charge in [-0.1, -0.05) is 38.2 Å². The van der Waals surface area contributed by atoms with Crippen LogP contribution in [0.15, 0.2) is 18.2 Å². The molecule has 1 fully saturated rings. The quantitative estimate of drug-likeness (QED) is 0.861. The van der Waals surface area contributed by atoms with Gasteiger partial charge in [-0.3, -0.25) is 4.79 Å². The fourth-order valence-corrected chi connectivity index (χ4v) is 2.91. The van der Waals surface area contributed by atoms with Crippen molar-refractivity contribution >= 4 is 17.6 Å². The number of carbonyl (C=O) groups excluding carboxylic acids is 1. The molecule has 0 saturated heterocycles. The second kappa shape index (κ2) is 7.25. The molecule has 21 heavy (non-hydrogen) atoms. The summed E-state index contributed by atoms with van der Waals surface area (Å²) >= 11 is 0. The second-order valence-corrected chi connectivity index (χ2v) is 5.93.